The van der Waals surface area contributed by atoms with Crippen LogP contribution in [-0.4, -0.2) is 38.5 Å². The molecule has 0 unspecified atom stereocenters. The minimum Gasteiger partial charge on any atom is -0.494 e. The Morgan fingerprint density at radius 3 is 2.47 bits per heavy atom. The number of ether oxygens (including phenoxy) is 1. The maximum atomic E-state index is 13.2. The average Bonchev–Trinajstić information content (AvgIpc) is 3.28. The van der Waals surface area contributed by atoms with Crippen LogP contribution in [0.4, 0.5) is 13.2 Å². The number of Topliss-reactive ketones (excluding diaryl/α,β-unsaturated/α-hetero) is 1. The smallest absolute Gasteiger partial charge is 0.416 e. The molecule has 3 aromatic rings. The van der Waals surface area contributed by atoms with Crippen LogP contribution in [0.25, 0.3) is 10.9 Å². The fraction of sp³-hybridized carbons (Fsp3) is 0.444. The maximum Gasteiger partial charge on any atom is 0.416 e. The lowest BCUT2D eigenvalue weighted by molar-refractivity contribution is -0.144. The normalized spacial score (nSPS) is 19.7. The van der Waals surface area contributed by atoms with Crippen molar-refractivity contribution >= 4 is 22.7 Å². The van der Waals surface area contributed by atoms with Crippen LogP contribution < -0.4 is 10.3 Å². The highest BCUT2D eigenvalue weighted by Gasteiger charge is 2.45. The number of benzene rings is 2. The Bertz CT molecular complexity index is 1390. The number of carbonyl (C=O) groups is 2. The standard InChI is InChI=1S/C27H28F3N3O5/c1-15(2)11-12-38-19-7-3-16(4-8-19)24(34)20-9-5-17(23(20)26(36)37)14-33-25(35)21-13-18(27(28,29)30)6-10-22(21)31-32-33/h3-4,6-8,10,13,15,17,20,23H,5,9,11-12,14H2,1-2H3,(H,36,37)/t17-,20-,23-/m0/s1. The highest BCUT2D eigenvalue weighted by Crippen LogP contribution is 2.40. The van der Waals surface area contributed by atoms with Crippen molar-refractivity contribution in [1.29, 1.82) is 0 Å². The second-order valence-electron chi connectivity index (χ2n) is 10.0. The fourth-order valence-electron chi connectivity index (χ4n) is 4.89. The molecule has 0 amide bonds. The number of carboxylic acids is 1. The number of nitrogens with zero attached hydrogens (tertiary/aromatic N) is 3. The summed E-state index contributed by atoms with van der Waals surface area (Å²) < 4.78 is 46.0. The molecular formula is C27H28F3N3O5. The summed E-state index contributed by atoms with van der Waals surface area (Å²) in [6.07, 6.45) is -3.13. The number of alkyl halides is 3. The first-order valence-electron chi connectivity index (χ1n) is 12.4. The second kappa shape index (κ2) is 10.9. The number of carbonyl (C=O) groups excluding carboxylic acids is 1. The van der Waals surface area contributed by atoms with Gasteiger partial charge in [-0.15, -0.1) is 5.10 Å². The molecule has 1 saturated carbocycles. The molecule has 1 fully saturated rings. The van der Waals surface area contributed by atoms with Gasteiger partial charge in [0.2, 0.25) is 0 Å². The topological polar surface area (TPSA) is 111 Å². The van der Waals surface area contributed by atoms with Gasteiger partial charge in [0.1, 0.15) is 11.3 Å². The van der Waals surface area contributed by atoms with E-state index in [0.29, 0.717) is 42.7 Å². The minimum atomic E-state index is -4.64. The Hall–Kier alpha value is -3.76. The van der Waals surface area contributed by atoms with Crippen LogP contribution in [0.2, 0.25) is 0 Å². The van der Waals surface area contributed by atoms with Gasteiger partial charge in [0.05, 0.1) is 30.0 Å². The van der Waals surface area contributed by atoms with E-state index >= 15 is 0 Å². The maximum absolute atomic E-state index is 13.2. The summed E-state index contributed by atoms with van der Waals surface area (Å²) in [5.41, 5.74) is -1.42. The Kier molecular flexibility index (Phi) is 7.84. The minimum absolute atomic E-state index is 0.00476. The number of hydrogen-bond acceptors (Lipinski definition) is 6. The van der Waals surface area contributed by atoms with E-state index in [2.05, 4.69) is 24.2 Å². The Morgan fingerprint density at radius 1 is 1.13 bits per heavy atom. The van der Waals surface area contributed by atoms with Gasteiger partial charge in [-0.1, -0.05) is 19.1 Å². The van der Waals surface area contributed by atoms with E-state index in [1.54, 1.807) is 24.3 Å². The predicted molar refractivity (Wildman–Crippen MR) is 132 cm³/mol. The van der Waals surface area contributed by atoms with Gasteiger partial charge in [-0.25, -0.2) is 4.68 Å². The first-order chi connectivity index (χ1) is 18.0. The summed E-state index contributed by atoms with van der Waals surface area (Å²) in [6, 6.07) is 9.17. The number of halogens is 3. The van der Waals surface area contributed by atoms with E-state index in [0.717, 1.165) is 23.2 Å². The van der Waals surface area contributed by atoms with Crippen molar-refractivity contribution in [2.45, 2.75) is 45.8 Å². The molecule has 1 aliphatic rings. The molecule has 4 rings (SSSR count). The van der Waals surface area contributed by atoms with Crippen LogP contribution in [0, 0.1) is 23.7 Å². The molecule has 11 heteroatoms. The van der Waals surface area contributed by atoms with E-state index in [-0.39, 0.29) is 23.2 Å². The fourth-order valence-corrected chi connectivity index (χ4v) is 4.89. The molecule has 0 bridgehead atoms. The van der Waals surface area contributed by atoms with E-state index in [1.807, 2.05) is 0 Å². The molecule has 0 saturated heterocycles. The van der Waals surface area contributed by atoms with Crippen molar-refractivity contribution in [3.05, 3.63) is 63.9 Å². The van der Waals surface area contributed by atoms with Crippen molar-refractivity contribution in [1.82, 2.24) is 15.0 Å². The Labute approximate surface area is 216 Å². The average molecular weight is 532 g/mol. The number of ketones is 1. The lowest BCUT2D eigenvalue weighted by Crippen LogP contribution is -2.34. The predicted octanol–water partition coefficient (Wildman–Crippen LogP) is 4.85. The lowest BCUT2D eigenvalue weighted by Gasteiger charge is -2.20. The van der Waals surface area contributed by atoms with Gasteiger partial charge in [0, 0.05) is 11.5 Å². The summed E-state index contributed by atoms with van der Waals surface area (Å²) in [5, 5.41) is 17.3. The van der Waals surface area contributed by atoms with E-state index in [4.69, 9.17) is 4.74 Å². The zero-order valence-corrected chi connectivity index (χ0v) is 20.9. The Balaban J connectivity index is 1.52. The van der Waals surface area contributed by atoms with Crippen LogP contribution in [-0.2, 0) is 17.5 Å². The number of carboxylic acid groups (broad SMARTS) is 1. The van der Waals surface area contributed by atoms with Crippen LogP contribution >= 0.6 is 0 Å². The molecule has 1 heterocycles. The first-order valence-corrected chi connectivity index (χ1v) is 12.4. The highest BCUT2D eigenvalue weighted by atomic mass is 19.4. The second-order valence-corrected chi connectivity index (χ2v) is 10.0. The third-order valence-electron chi connectivity index (χ3n) is 6.97. The van der Waals surface area contributed by atoms with Crippen LogP contribution in [0.3, 0.4) is 0 Å². The zero-order valence-electron chi connectivity index (χ0n) is 20.9. The van der Waals surface area contributed by atoms with E-state index in [1.165, 1.54) is 0 Å². The van der Waals surface area contributed by atoms with Crippen molar-refractivity contribution in [3.8, 4) is 5.75 Å². The summed E-state index contributed by atoms with van der Waals surface area (Å²) in [4.78, 5) is 38.4. The molecule has 202 valence electrons. The molecular weight excluding hydrogens is 503 g/mol. The first kappa shape index (κ1) is 27.3. The SMILES string of the molecule is CC(C)CCOc1ccc(C(=O)[C@H]2CC[C@@H](Cn3nnc4ccc(C(F)(F)F)cc4c3=O)[C@@H]2C(=O)O)cc1. The monoisotopic (exact) mass is 531 g/mol. The molecule has 1 aromatic heterocycles. The molecule has 0 radical (unpaired) electrons. The number of fused-ring (bicyclic) bond motifs is 1. The molecule has 1 aliphatic carbocycles. The van der Waals surface area contributed by atoms with Gasteiger partial charge in [-0.2, -0.15) is 13.2 Å². The lowest BCUT2D eigenvalue weighted by atomic mass is 9.84. The van der Waals surface area contributed by atoms with Crippen molar-refractivity contribution in [3.63, 3.8) is 0 Å². The molecule has 3 atom stereocenters. The number of aromatic nitrogens is 3. The van der Waals surface area contributed by atoms with Gasteiger partial charge in [-0.05, 0) is 73.6 Å². The third kappa shape index (κ3) is 5.87. The van der Waals surface area contributed by atoms with Crippen molar-refractivity contribution in [2.75, 3.05) is 6.61 Å². The highest BCUT2D eigenvalue weighted by molar-refractivity contribution is 6.00. The van der Waals surface area contributed by atoms with Gasteiger partial charge in [0.25, 0.3) is 5.56 Å². The van der Waals surface area contributed by atoms with Crippen molar-refractivity contribution in [2.24, 2.45) is 23.7 Å². The van der Waals surface area contributed by atoms with Gasteiger partial charge < -0.3 is 9.84 Å². The molecule has 1 N–H and O–H groups in total. The van der Waals surface area contributed by atoms with E-state index < -0.39 is 41.0 Å². The van der Waals surface area contributed by atoms with Gasteiger partial charge in [0.15, 0.2) is 5.78 Å². The molecule has 2 aromatic carbocycles. The van der Waals surface area contributed by atoms with Crippen LogP contribution in [0.1, 0.15) is 49.0 Å². The summed E-state index contributed by atoms with van der Waals surface area (Å²) in [7, 11) is 0. The molecule has 8 nitrogen and oxygen atoms in total. The van der Waals surface area contributed by atoms with Crippen LogP contribution in [0.15, 0.2) is 47.3 Å². The summed E-state index contributed by atoms with van der Waals surface area (Å²) >= 11 is 0. The number of hydrogen-bond donors (Lipinski definition) is 1. The molecule has 0 aliphatic heterocycles. The van der Waals surface area contributed by atoms with Crippen LogP contribution in [0.5, 0.6) is 5.75 Å². The number of rotatable bonds is 9. The molecule has 38 heavy (non-hydrogen) atoms. The van der Waals surface area contributed by atoms with E-state index in [9.17, 15) is 32.7 Å². The largest absolute Gasteiger partial charge is 0.494 e. The molecule has 0 spiro atoms. The van der Waals surface area contributed by atoms with Gasteiger partial charge in [-0.3, -0.25) is 14.4 Å². The Morgan fingerprint density at radius 2 is 1.84 bits per heavy atom. The summed E-state index contributed by atoms with van der Waals surface area (Å²) in [5.74, 6) is -2.92. The quantitative estimate of drug-likeness (QED) is 0.393. The third-order valence-corrected chi connectivity index (χ3v) is 6.97. The number of aliphatic carboxylic acids is 1. The summed E-state index contributed by atoms with van der Waals surface area (Å²) in [6.45, 7) is 4.54. The zero-order chi connectivity index (χ0) is 27.6. The van der Waals surface area contributed by atoms with Crippen molar-refractivity contribution < 1.29 is 32.6 Å². The van der Waals surface area contributed by atoms with Gasteiger partial charge >= 0.3 is 12.1 Å².